The Morgan fingerprint density at radius 1 is 1.53 bits per heavy atom. The lowest BCUT2D eigenvalue weighted by atomic mass is 9.76. The van der Waals surface area contributed by atoms with E-state index in [0.29, 0.717) is 17.5 Å². The van der Waals surface area contributed by atoms with Gasteiger partial charge in [-0.1, -0.05) is 32.9 Å². The van der Waals surface area contributed by atoms with E-state index in [0.717, 1.165) is 18.3 Å². The molecule has 1 rings (SSSR count). The molecule has 0 fully saturated rings. The minimum atomic E-state index is 0.217. The molecule has 4 nitrogen and oxygen atoms in total. The van der Waals surface area contributed by atoms with Crippen molar-refractivity contribution in [3.63, 3.8) is 0 Å². The van der Waals surface area contributed by atoms with Gasteiger partial charge < -0.3 is 21.2 Å². The first-order chi connectivity index (χ1) is 8.79. The number of nitrogens with one attached hydrogen (secondary N) is 2. The zero-order valence-electron chi connectivity index (χ0n) is 12.5. The summed E-state index contributed by atoms with van der Waals surface area (Å²) in [5.74, 6) is 1.18. The van der Waals surface area contributed by atoms with Gasteiger partial charge in [0.1, 0.15) is 5.82 Å². The molecular formula is C15H25N3O. The second-order valence-corrected chi connectivity index (χ2v) is 5.93. The first-order valence-corrected chi connectivity index (χ1v) is 6.49. The van der Waals surface area contributed by atoms with E-state index in [1.165, 1.54) is 12.7 Å². The Labute approximate surface area is 115 Å². The molecule has 106 valence electrons. The third kappa shape index (κ3) is 3.88. The average Bonchev–Trinajstić information content (AvgIpc) is 2.32. The SMILES string of the molecule is CO/C(C=N)=C(/N)NC1=CC(C(C)(C)C)CC=C1C. The summed E-state index contributed by atoms with van der Waals surface area (Å²) in [6.07, 6.45) is 6.60. The molecule has 0 saturated carbocycles. The maximum atomic E-state index is 7.23. The fourth-order valence-electron chi connectivity index (χ4n) is 2.01. The Balaban J connectivity index is 2.97. The molecule has 1 aliphatic carbocycles. The molecule has 0 spiro atoms. The molecule has 0 bridgehead atoms. The van der Waals surface area contributed by atoms with Gasteiger partial charge in [0.2, 0.25) is 0 Å². The van der Waals surface area contributed by atoms with Crippen molar-refractivity contribution in [3.8, 4) is 0 Å². The fraction of sp³-hybridized carbons (Fsp3) is 0.533. The van der Waals surface area contributed by atoms with Crippen LogP contribution in [0.4, 0.5) is 0 Å². The van der Waals surface area contributed by atoms with Crippen LogP contribution in [0.15, 0.2) is 35.0 Å². The second-order valence-electron chi connectivity index (χ2n) is 5.93. The maximum Gasteiger partial charge on any atom is 0.176 e. The van der Waals surface area contributed by atoms with Gasteiger partial charge in [0.05, 0.1) is 13.3 Å². The Morgan fingerprint density at radius 3 is 2.63 bits per heavy atom. The van der Waals surface area contributed by atoms with Crippen LogP contribution in [0.2, 0.25) is 0 Å². The predicted molar refractivity (Wildman–Crippen MR) is 79.5 cm³/mol. The van der Waals surface area contributed by atoms with E-state index >= 15 is 0 Å². The molecule has 0 aromatic heterocycles. The van der Waals surface area contributed by atoms with E-state index in [4.69, 9.17) is 15.9 Å². The molecule has 0 aromatic rings. The van der Waals surface area contributed by atoms with E-state index in [9.17, 15) is 0 Å². The van der Waals surface area contributed by atoms with Crippen LogP contribution in [0.25, 0.3) is 0 Å². The molecule has 0 heterocycles. The average molecular weight is 263 g/mol. The van der Waals surface area contributed by atoms with E-state index in [1.54, 1.807) is 0 Å². The summed E-state index contributed by atoms with van der Waals surface area (Å²) in [6.45, 7) is 8.76. The van der Waals surface area contributed by atoms with Crippen LogP contribution in [0, 0.1) is 16.7 Å². The highest BCUT2D eigenvalue weighted by atomic mass is 16.5. The number of nitrogens with two attached hydrogens (primary N) is 1. The zero-order valence-corrected chi connectivity index (χ0v) is 12.5. The Bertz CT molecular complexity index is 439. The van der Waals surface area contributed by atoms with Crippen molar-refractivity contribution in [1.29, 1.82) is 5.41 Å². The molecular weight excluding hydrogens is 238 g/mol. The number of ether oxygens (including phenoxy) is 1. The van der Waals surface area contributed by atoms with Crippen molar-refractivity contribution in [2.24, 2.45) is 17.1 Å². The number of hydrogen-bond acceptors (Lipinski definition) is 4. The third-order valence-electron chi connectivity index (χ3n) is 3.47. The minimum Gasteiger partial charge on any atom is -0.491 e. The van der Waals surface area contributed by atoms with Crippen LogP contribution in [0.3, 0.4) is 0 Å². The summed E-state index contributed by atoms with van der Waals surface area (Å²) in [5.41, 5.74) is 8.30. The monoisotopic (exact) mass is 263 g/mol. The quantitative estimate of drug-likeness (QED) is 0.539. The highest BCUT2D eigenvalue weighted by Gasteiger charge is 2.25. The molecule has 1 unspecified atom stereocenters. The maximum absolute atomic E-state index is 7.23. The van der Waals surface area contributed by atoms with Gasteiger partial charge >= 0.3 is 0 Å². The predicted octanol–water partition coefficient (Wildman–Crippen LogP) is 2.90. The first-order valence-electron chi connectivity index (χ1n) is 6.49. The summed E-state index contributed by atoms with van der Waals surface area (Å²) >= 11 is 0. The van der Waals surface area contributed by atoms with Gasteiger partial charge in [-0.3, -0.25) is 0 Å². The van der Waals surface area contributed by atoms with E-state index in [1.807, 2.05) is 0 Å². The molecule has 4 heteroatoms. The number of allylic oxidation sites excluding steroid dienone is 4. The molecule has 0 radical (unpaired) electrons. The van der Waals surface area contributed by atoms with Crippen molar-refractivity contribution in [2.75, 3.05) is 7.11 Å². The van der Waals surface area contributed by atoms with Crippen LogP contribution in [-0.4, -0.2) is 13.3 Å². The second kappa shape index (κ2) is 5.95. The first kappa shape index (κ1) is 15.3. The van der Waals surface area contributed by atoms with Crippen molar-refractivity contribution in [2.45, 2.75) is 34.1 Å². The van der Waals surface area contributed by atoms with Gasteiger partial charge in [-0.25, -0.2) is 0 Å². The normalized spacial score (nSPS) is 21.0. The van der Waals surface area contributed by atoms with Crippen LogP contribution in [0.5, 0.6) is 0 Å². The fourth-order valence-corrected chi connectivity index (χ4v) is 2.01. The Morgan fingerprint density at radius 2 is 2.16 bits per heavy atom. The van der Waals surface area contributed by atoms with Gasteiger partial charge in [-0.05, 0) is 30.3 Å². The standard InChI is InChI=1S/C15H25N3O/c1-10-6-7-11(15(2,3)4)8-12(10)18-14(17)13(9-16)19-5/h6,8-9,11,16,18H,7,17H2,1-5H3/b14-13-,16-9?. The highest BCUT2D eigenvalue weighted by molar-refractivity contribution is 5.73. The summed E-state index contributed by atoms with van der Waals surface area (Å²) in [6, 6.07) is 0. The van der Waals surface area contributed by atoms with Crippen molar-refractivity contribution in [1.82, 2.24) is 5.32 Å². The van der Waals surface area contributed by atoms with Crippen molar-refractivity contribution >= 4 is 6.21 Å². The molecule has 0 aromatic carbocycles. The summed E-state index contributed by atoms with van der Waals surface area (Å²) < 4.78 is 5.03. The molecule has 0 saturated heterocycles. The molecule has 0 amide bonds. The van der Waals surface area contributed by atoms with Gasteiger partial charge in [0.15, 0.2) is 5.76 Å². The lowest BCUT2D eigenvalue weighted by Gasteiger charge is -2.31. The summed E-state index contributed by atoms with van der Waals surface area (Å²) in [5, 5.41) is 10.4. The molecule has 0 aliphatic heterocycles. The Kier molecular flexibility index (Phi) is 4.81. The van der Waals surface area contributed by atoms with Crippen molar-refractivity contribution < 1.29 is 4.74 Å². The van der Waals surface area contributed by atoms with Crippen LogP contribution in [0.1, 0.15) is 34.1 Å². The number of hydrogen-bond donors (Lipinski definition) is 3. The molecule has 1 aliphatic rings. The number of methoxy groups -OCH3 is 1. The molecule has 19 heavy (non-hydrogen) atoms. The Hall–Kier alpha value is -1.71. The third-order valence-corrected chi connectivity index (χ3v) is 3.47. The van der Waals surface area contributed by atoms with Gasteiger partial charge in [-0.2, -0.15) is 0 Å². The smallest absolute Gasteiger partial charge is 0.176 e. The summed E-state index contributed by atoms with van der Waals surface area (Å²) in [4.78, 5) is 0. The molecule has 1 atom stereocenters. The lowest BCUT2D eigenvalue weighted by Crippen LogP contribution is -2.27. The molecule has 4 N–H and O–H groups in total. The zero-order chi connectivity index (χ0) is 14.6. The topological polar surface area (TPSA) is 71.1 Å². The van der Waals surface area contributed by atoms with Crippen LogP contribution >= 0.6 is 0 Å². The van der Waals surface area contributed by atoms with Crippen LogP contribution in [-0.2, 0) is 4.74 Å². The summed E-state index contributed by atoms with van der Waals surface area (Å²) in [7, 11) is 1.50. The minimum absolute atomic E-state index is 0.217. The highest BCUT2D eigenvalue weighted by Crippen LogP contribution is 2.35. The number of rotatable bonds is 4. The van der Waals surface area contributed by atoms with Gasteiger partial charge in [0.25, 0.3) is 0 Å². The van der Waals surface area contributed by atoms with Gasteiger partial charge in [-0.15, -0.1) is 0 Å². The van der Waals surface area contributed by atoms with E-state index in [-0.39, 0.29) is 5.41 Å². The van der Waals surface area contributed by atoms with Crippen molar-refractivity contribution in [3.05, 3.63) is 35.0 Å². The lowest BCUT2D eigenvalue weighted by molar-refractivity contribution is 0.290. The van der Waals surface area contributed by atoms with E-state index in [2.05, 4.69) is 45.2 Å². The van der Waals surface area contributed by atoms with Gasteiger partial charge in [0, 0.05) is 5.70 Å². The van der Waals surface area contributed by atoms with E-state index < -0.39 is 0 Å². The van der Waals surface area contributed by atoms with Crippen LogP contribution < -0.4 is 11.1 Å². The largest absolute Gasteiger partial charge is 0.491 e.